The summed E-state index contributed by atoms with van der Waals surface area (Å²) in [5, 5.41) is 10.7. The maximum atomic E-state index is 12.3. The van der Waals surface area contributed by atoms with Crippen LogP contribution in [-0.2, 0) is 16.1 Å². The van der Waals surface area contributed by atoms with Crippen LogP contribution >= 0.6 is 11.3 Å². The summed E-state index contributed by atoms with van der Waals surface area (Å²) in [6, 6.07) is 11.1. The zero-order chi connectivity index (χ0) is 21.0. The lowest BCUT2D eigenvalue weighted by atomic mass is 10.2. The van der Waals surface area contributed by atoms with Gasteiger partial charge < -0.3 is 9.30 Å². The number of nitro benzene ring substituents is 1. The van der Waals surface area contributed by atoms with Crippen molar-refractivity contribution in [3.8, 4) is 0 Å². The first kappa shape index (κ1) is 20.2. The van der Waals surface area contributed by atoms with Gasteiger partial charge in [0.1, 0.15) is 0 Å². The first-order chi connectivity index (χ1) is 13.9. The summed E-state index contributed by atoms with van der Waals surface area (Å²) in [6.07, 6.45) is 2.86. The van der Waals surface area contributed by atoms with Crippen molar-refractivity contribution >= 4 is 45.2 Å². The highest BCUT2D eigenvalue weighted by atomic mass is 32.1. The van der Waals surface area contributed by atoms with E-state index in [4.69, 9.17) is 4.74 Å². The van der Waals surface area contributed by atoms with Crippen molar-refractivity contribution in [3.05, 3.63) is 74.6 Å². The Kier molecular flexibility index (Phi) is 5.99. The van der Waals surface area contributed by atoms with Crippen LogP contribution in [0.3, 0.4) is 0 Å². The molecule has 0 radical (unpaired) electrons. The van der Waals surface area contributed by atoms with Crippen molar-refractivity contribution in [1.82, 2.24) is 4.57 Å². The maximum Gasteiger partial charge on any atom is 0.337 e. The van der Waals surface area contributed by atoms with E-state index >= 15 is 0 Å². The van der Waals surface area contributed by atoms with Gasteiger partial charge in [-0.3, -0.25) is 14.9 Å². The second-order valence-corrected chi connectivity index (χ2v) is 6.94. The maximum absolute atomic E-state index is 12.3. The fourth-order valence-electron chi connectivity index (χ4n) is 2.72. The topological polar surface area (TPSA) is 104 Å². The third-order valence-corrected chi connectivity index (χ3v) is 5.19. The monoisotopic (exact) mass is 411 g/mol. The van der Waals surface area contributed by atoms with Gasteiger partial charge in [-0.25, -0.2) is 4.79 Å². The molecule has 29 heavy (non-hydrogen) atoms. The molecule has 1 amide bonds. The van der Waals surface area contributed by atoms with Crippen LogP contribution in [0.5, 0.6) is 0 Å². The highest BCUT2D eigenvalue weighted by Crippen LogP contribution is 2.20. The van der Waals surface area contributed by atoms with Gasteiger partial charge in [-0.2, -0.15) is 4.99 Å². The molecule has 0 unspecified atom stereocenters. The molecule has 2 aromatic carbocycles. The molecule has 3 aromatic rings. The molecule has 0 aliphatic rings. The Morgan fingerprint density at radius 1 is 1.24 bits per heavy atom. The van der Waals surface area contributed by atoms with Crippen molar-refractivity contribution in [3.63, 3.8) is 0 Å². The Morgan fingerprint density at radius 2 is 1.97 bits per heavy atom. The Morgan fingerprint density at radius 3 is 2.59 bits per heavy atom. The minimum Gasteiger partial charge on any atom is -0.465 e. The number of amides is 1. The summed E-state index contributed by atoms with van der Waals surface area (Å²) in [5.41, 5.74) is 1.94. The van der Waals surface area contributed by atoms with Gasteiger partial charge in [-0.05, 0) is 48.9 Å². The third kappa shape index (κ3) is 4.46. The number of benzene rings is 2. The van der Waals surface area contributed by atoms with Crippen molar-refractivity contribution in [2.24, 2.45) is 4.99 Å². The van der Waals surface area contributed by atoms with Crippen LogP contribution in [0.1, 0.15) is 22.8 Å². The number of hydrogen-bond donors (Lipinski definition) is 0. The molecule has 3 rings (SSSR count). The number of non-ortho nitro benzene ring substituents is 1. The Bertz CT molecular complexity index is 1190. The summed E-state index contributed by atoms with van der Waals surface area (Å²) < 4.78 is 7.45. The first-order valence-corrected chi connectivity index (χ1v) is 9.47. The molecular weight excluding hydrogens is 394 g/mol. The van der Waals surface area contributed by atoms with E-state index in [0.29, 0.717) is 22.5 Å². The van der Waals surface area contributed by atoms with Crippen LogP contribution in [0.15, 0.2) is 53.5 Å². The second kappa shape index (κ2) is 8.61. The summed E-state index contributed by atoms with van der Waals surface area (Å²) in [5.74, 6) is -0.880. The molecule has 0 bridgehead atoms. The smallest absolute Gasteiger partial charge is 0.337 e. The number of aromatic nitrogens is 1. The minimum atomic E-state index is -0.482. The molecule has 0 N–H and O–H groups in total. The highest BCUT2D eigenvalue weighted by Gasteiger charge is 2.11. The van der Waals surface area contributed by atoms with Gasteiger partial charge in [-0.1, -0.05) is 11.3 Å². The van der Waals surface area contributed by atoms with E-state index < -0.39 is 16.8 Å². The lowest BCUT2D eigenvalue weighted by Gasteiger charge is -2.01. The lowest BCUT2D eigenvalue weighted by Crippen LogP contribution is -2.15. The second-order valence-electron chi connectivity index (χ2n) is 5.93. The molecule has 0 atom stereocenters. The largest absolute Gasteiger partial charge is 0.465 e. The molecule has 148 valence electrons. The summed E-state index contributed by atoms with van der Waals surface area (Å²) in [4.78, 5) is 38.9. The van der Waals surface area contributed by atoms with Gasteiger partial charge in [0.05, 0.1) is 27.8 Å². The zero-order valence-electron chi connectivity index (χ0n) is 15.7. The standard InChI is InChI=1S/C20H17N3O5S/c1-3-22-16-10-7-14(19(25)28-2)12-17(16)29-20(22)21-18(24)11-6-13-4-8-15(9-5-13)23(26)27/h4-12H,3H2,1-2H3/b11-6+,21-20?. The minimum absolute atomic E-state index is 0.0150. The number of nitrogens with zero attached hydrogens (tertiary/aromatic N) is 3. The van der Waals surface area contributed by atoms with Crippen molar-refractivity contribution < 1.29 is 19.2 Å². The number of methoxy groups -OCH3 is 1. The van der Waals surface area contributed by atoms with Gasteiger partial charge in [0.2, 0.25) is 0 Å². The van der Waals surface area contributed by atoms with Crippen LogP contribution in [0.4, 0.5) is 5.69 Å². The SMILES string of the molecule is CCn1c(=NC(=O)/C=C/c2ccc([N+](=O)[O-])cc2)sc2cc(C(=O)OC)ccc21. The van der Waals surface area contributed by atoms with Crippen LogP contribution in [-0.4, -0.2) is 28.5 Å². The summed E-state index contributed by atoms with van der Waals surface area (Å²) >= 11 is 1.30. The Hall–Kier alpha value is -3.59. The number of nitro groups is 1. The van der Waals surface area contributed by atoms with Crippen LogP contribution in [0.2, 0.25) is 0 Å². The molecule has 1 heterocycles. The number of carbonyl (C=O) groups is 2. The Labute approximate surface area is 169 Å². The molecule has 0 aliphatic carbocycles. The highest BCUT2D eigenvalue weighted by molar-refractivity contribution is 7.16. The third-order valence-electron chi connectivity index (χ3n) is 4.15. The molecule has 0 saturated carbocycles. The predicted molar refractivity (Wildman–Crippen MR) is 110 cm³/mol. The van der Waals surface area contributed by atoms with Crippen LogP contribution in [0.25, 0.3) is 16.3 Å². The molecule has 0 aliphatic heterocycles. The van der Waals surface area contributed by atoms with Gasteiger partial charge in [0.15, 0.2) is 4.80 Å². The van der Waals surface area contributed by atoms with E-state index in [1.807, 2.05) is 11.5 Å². The van der Waals surface area contributed by atoms with E-state index in [9.17, 15) is 19.7 Å². The molecule has 8 nitrogen and oxygen atoms in total. The fourth-order valence-corrected chi connectivity index (χ4v) is 3.85. The van der Waals surface area contributed by atoms with Crippen molar-refractivity contribution in [2.45, 2.75) is 13.5 Å². The van der Waals surface area contributed by atoms with Crippen LogP contribution < -0.4 is 4.80 Å². The van der Waals surface area contributed by atoms with E-state index in [0.717, 1.165) is 10.2 Å². The number of hydrogen-bond acceptors (Lipinski definition) is 6. The van der Waals surface area contributed by atoms with Gasteiger partial charge in [0.25, 0.3) is 11.6 Å². The van der Waals surface area contributed by atoms with Crippen molar-refractivity contribution in [1.29, 1.82) is 0 Å². The molecule has 0 saturated heterocycles. The number of thiazole rings is 1. The molecular formula is C20H17N3O5S. The number of esters is 1. The van der Waals surface area contributed by atoms with E-state index in [1.165, 1.54) is 36.7 Å². The quantitative estimate of drug-likeness (QED) is 0.276. The number of rotatable bonds is 5. The van der Waals surface area contributed by atoms with E-state index in [-0.39, 0.29) is 5.69 Å². The molecule has 0 spiro atoms. The molecule has 1 aromatic heterocycles. The predicted octanol–water partition coefficient (Wildman–Crippen LogP) is 3.56. The van der Waals surface area contributed by atoms with E-state index in [2.05, 4.69) is 4.99 Å². The first-order valence-electron chi connectivity index (χ1n) is 8.66. The van der Waals surface area contributed by atoms with Crippen LogP contribution in [0, 0.1) is 10.1 Å². The number of ether oxygens (including phenoxy) is 1. The fraction of sp³-hybridized carbons (Fsp3) is 0.150. The Balaban J connectivity index is 1.90. The average Bonchev–Trinajstić information content (AvgIpc) is 3.07. The van der Waals surface area contributed by atoms with Crippen molar-refractivity contribution in [2.75, 3.05) is 7.11 Å². The molecule has 9 heteroatoms. The van der Waals surface area contributed by atoms with Gasteiger partial charge >= 0.3 is 5.97 Å². The average molecular weight is 411 g/mol. The van der Waals surface area contributed by atoms with Gasteiger partial charge in [-0.15, -0.1) is 0 Å². The zero-order valence-corrected chi connectivity index (χ0v) is 16.5. The van der Waals surface area contributed by atoms with E-state index in [1.54, 1.807) is 36.4 Å². The summed E-state index contributed by atoms with van der Waals surface area (Å²) in [6.45, 7) is 2.55. The number of aryl methyl sites for hydroxylation is 1. The molecule has 0 fully saturated rings. The lowest BCUT2D eigenvalue weighted by molar-refractivity contribution is -0.384. The van der Waals surface area contributed by atoms with Gasteiger partial charge in [0, 0.05) is 24.8 Å². The summed E-state index contributed by atoms with van der Waals surface area (Å²) in [7, 11) is 1.32. The number of carbonyl (C=O) groups excluding carboxylic acids is 2. The normalized spacial score (nSPS) is 11.9. The number of fused-ring (bicyclic) bond motifs is 1.